The van der Waals surface area contributed by atoms with Gasteiger partial charge in [-0.3, -0.25) is 0 Å². The summed E-state index contributed by atoms with van der Waals surface area (Å²) >= 11 is 0. The molecule has 1 aromatic rings. The third-order valence-electron chi connectivity index (χ3n) is 2.61. The summed E-state index contributed by atoms with van der Waals surface area (Å²) in [5.41, 5.74) is 6.59. The van der Waals surface area contributed by atoms with Gasteiger partial charge in [-0.2, -0.15) is 4.98 Å². The zero-order valence-electron chi connectivity index (χ0n) is 9.95. The van der Waals surface area contributed by atoms with Crippen molar-refractivity contribution in [3.63, 3.8) is 0 Å². The van der Waals surface area contributed by atoms with Crippen LogP contribution in [-0.2, 0) is 0 Å². The van der Waals surface area contributed by atoms with Gasteiger partial charge in [-0.05, 0) is 33.6 Å². The minimum absolute atomic E-state index is 0.0570. The number of aromatic nitrogens is 2. The average molecular weight is 222 g/mol. The van der Waals surface area contributed by atoms with E-state index in [4.69, 9.17) is 10.5 Å². The average Bonchev–Trinajstić information content (AvgIpc) is 2.90. The van der Waals surface area contributed by atoms with Crippen LogP contribution in [0.2, 0.25) is 0 Å². The largest absolute Gasteiger partial charge is 0.473 e. The van der Waals surface area contributed by atoms with E-state index in [1.165, 1.54) is 6.33 Å². The Labute approximate surface area is 95.4 Å². The van der Waals surface area contributed by atoms with Crippen molar-refractivity contribution in [2.75, 3.05) is 11.1 Å². The Hall–Kier alpha value is -1.52. The molecule has 0 bridgehead atoms. The molecule has 1 heterocycles. The number of ether oxygens (including phenoxy) is 1. The first-order valence-corrected chi connectivity index (χ1v) is 5.55. The lowest BCUT2D eigenvalue weighted by atomic mass is 10.3. The molecule has 0 atom stereocenters. The second-order valence-electron chi connectivity index (χ2n) is 4.79. The van der Waals surface area contributed by atoms with Crippen molar-refractivity contribution in [1.82, 2.24) is 9.97 Å². The van der Waals surface area contributed by atoms with Gasteiger partial charge < -0.3 is 15.8 Å². The summed E-state index contributed by atoms with van der Waals surface area (Å²) in [6.45, 7) is 6.03. The third kappa shape index (κ3) is 2.35. The molecule has 1 aliphatic rings. The Morgan fingerprint density at radius 3 is 2.69 bits per heavy atom. The molecule has 5 nitrogen and oxygen atoms in total. The summed E-state index contributed by atoms with van der Waals surface area (Å²) in [4.78, 5) is 8.18. The minimum Gasteiger partial charge on any atom is -0.473 e. The Morgan fingerprint density at radius 1 is 1.44 bits per heavy atom. The predicted octanol–water partition coefficient (Wildman–Crippen LogP) is 1.81. The fraction of sp³-hybridized carbons (Fsp3) is 0.636. The zero-order chi connectivity index (χ0) is 11.8. The number of nitrogens with one attached hydrogen (secondary N) is 1. The van der Waals surface area contributed by atoms with Gasteiger partial charge in [0.05, 0.1) is 6.10 Å². The molecule has 0 saturated heterocycles. The smallest absolute Gasteiger partial charge is 0.242 e. The van der Waals surface area contributed by atoms with Crippen LogP contribution in [0.3, 0.4) is 0 Å². The summed E-state index contributed by atoms with van der Waals surface area (Å²) in [5, 5.41) is 3.32. The van der Waals surface area contributed by atoms with Crippen molar-refractivity contribution in [3.8, 4) is 5.88 Å². The highest BCUT2D eigenvalue weighted by atomic mass is 16.5. The van der Waals surface area contributed by atoms with E-state index in [9.17, 15) is 0 Å². The van der Waals surface area contributed by atoms with Crippen LogP contribution in [0, 0.1) is 0 Å². The molecule has 2 rings (SSSR count). The van der Waals surface area contributed by atoms with Gasteiger partial charge >= 0.3 is 0 Å². The molecular weight excluding hydrogens is 204 g/mol. The molecule has 0 spiro atoms. The highest BCUT2D eigenvalue weighted by Crippen LogP contribution is 2.39. The van der Waals surface area contributed by atoms with Crippen LogP contribution in [0.15, 0.2) is 6.33 Å². The van der Waals surface area contributed by atoms with Gasteiger partial charge in [0.15, 0.2) is 5.82 Å². The van der Waals surface area contributed by atoms with Crippen molar-refractivity contribution in [1.29, 1.82) is 0 Å². The molecule has 0 amide bonds. The molecule has 0 radical (unpaired) electrons. The van der Waals surface area contributed by atoms with Gasteiger partial charge in [-0.15, -0.1) is 0 Å². The first-order valence-electron chi connectivity index (χ1n) is 5.55. The summed E-state index contributed by atoms with van der Waals surface area (Å²) in [6.07, 6.45) is 3.83. The van der Waals surface area contributed by atoms with Crippen molar-refractivity contribution >= 4 is 11.5 Å². The van der Waals surface area contributed by atoms with Crippen LogP contribution in [0.4, 0.5) is 11.5 Å². The molecule has 5 heteroatoms. The van der Waals surface area contributed by atoms with E-state index in [0.717, 1.165) is 12.8 Å². The van der Waals surface area contributed by atoms with E-state index in [1.54, 1.807) is 0 Å². The van der Waals surface area contributed by atoms with E-state index in [-0.39, 0.29) is 11.6 Å². The van der Waals surface area contributed by atoms with E-state index in [0.29, 0.717) is 17.4 Å². The number of nitrogen functional groups attached to an aromatic ring is 1. The second kappa shape index (κ2) is 3.81. The predicted molar refractivity (Wildman–Crippen MR) is 63.5 cm³/mol. The normalized spacial score (nSPS) is 17.2. The number of nitrogens with zero attached hydrogens (tertiary/aromatic N) is 2. The molecule has 0 aromatic carbocycles. The monoisotopic (exact) mass is 222 g/mol. The quantitative estimate of drug-likeness (QED) is 0.812. The third-order valence-corrected chi connectivity index (χ3v) is 2.61. The first kappa shape index (κ1) is 11.0. The molecule has 0 unspecified atom stereocenters. The zero-order valence-corrected chi connectivity index (χ0v) is 9.95. The number of hydrogen-bond acceptors (Lipinski definition) is 5. The van der Waals surface area contributed by atoms with E-state index < -0.39 is 0 Å². The number of anilines is 2. The van der Waals surface area contributed by atoms with Gasteiger partial charge in [0.25, 0.3) is 0 Å². The van der Waals surface area contributed by atoms with E-state index >= 15 is 0 Å². The standard InChI is InChI=1S/C11H18N4O/c1-7(2)16-10-8(12)9(13-6-14-10)15-11(3)4-5-11/h6-7H,4-5,12H2,1-3H3,(H,13,14,15). The summed E-state index contributed by atoms with van der Waals surface area (Å²) in [5.74, 6) is 1.13. The van der Waals surface area contributed by atoms with Crippen LogP contribution in [0.25, 0.3) is 0 Å². The van der Waals surface area contributed by atoms with Crippen molar-refractivity contribution in [2.45, 2.75) is 45.3 Å². The van der Waals surface area contributed by atoms with Gasteiger partial charge in [0.1, 0.15) is 12.0 Å². The maximum atomic E-state index is 5.95. The van der Waals surface area contributed by atoms with Gasteiger partial charge in [0, 0.05) is 5.54 Å². The van der Waals surface area contributed by atoms with Gasteiger partial charge in [-0.25, -0.2) is 4.98 Å². The molecule has 88 valence electrons. The Kier molecular flexibility index (Phi) is 2.61. The Morgan fingerprint density at radius 2 is 2.12 bits per heavy atom. The number of hydrogen-bond donors (Lipinski definition) is 2. The lowest BCUT2D eigenvalue weighted by Crippen LogP contribution is -2.19. The van der Waals surface area contributed by atoms with Gasteiger partial charge in [-0.1, -0.05) is 0 Å². The summed E-state index contributed by atoms with van der Waals surface area (Å²) < 4.78 is 5.50. The number of rotatable bonds is 4. The summed E-state index contributed by atoms with van der Waals surface area (Å²) in [7, 11) is 0. The van der Waals surface area contributed by atoms with Crippen molar-refractivity contribution in [3.05, 3.63) is 6.33 Å². The highest BCUT2D eigenvalue weighted by Gasteiger charge is 2.38. The topological polar surface area (TPSA) is 73.1 Å². The fourth-order valence-electron chi connectivity index (χ4n) is 1.39. The molecule has 1 saturated carbocycles. The van der Waals surface area contributed by atoms with Crippen molar-refractivity contribution in [2.24, 2.45) is 0 Å². The minimum atomic E-state index is 0.0570. The lowest BCUT2D eigenvalue weighted by molar-refractivity contribution is 0.234. The Balaban J connectivity index is 2.18. The van der Waals surface area contributed by atoms with Crippen LogP contribution in [-0.4, -0.2) is 21.6 Å². The molecule has 1 fully saturated rings. The fourth-order valence-corrected chi connectivity index (χ4v) is 1.39. The molecule has 0 aliphatic heterocycles. The molecule has 16 heavy (non-hydrogen) atoms. The van der Waals surface area contributed by atoms with Crippen LogP contribution in [0.1, 0.15) is 33.6 Å². The van der Waals surface area contributed by atoms with Crippen LogP contribution < -0.4 is 15.8 Å². The van der Waals surface area contributed by atoms with E-state index in [2.05, 4.69) is 22.2 Å². The summed E-state index contributed by atoms with van der Waals surface area (Å²) in [6, 6.07) is 0. The molecule has 1 aliphatic carbocycles. The molecular formula is C11H18N4O. The molecule has 3 N–H and O–H groups in total. The Bertz CT molecular complexity index is 388. The maximum absolute atomic E-state index is 5.95. The second-order valence-corrected chi connectivity index (χ2v) is 4.79. The highest BCUT2D eigenvalue weighted by molar-refractivity contribution is 5.67. The SMILES string of the molecule is CC(C)Oc1ncnc(NC2(C)CC2)c1N. The van der Waals surface area contributed by atoms with Crippen molar-refractivity contribution < 1.29 is 4.74 Å². The van der Waals surface area contributed by atoms with E-state index in [1.807, 2.05) is 13.8 Å². The lowest BCUT2D eigenvalue weighted by Gasteiger charge is -2.16. The number of nitrogens with two attached hydrogens (primary N) is 1. The molecule has 1 aromatic heterocycles. The maximum Gasteiger partial charge on any atom is 0.242 e. The van der Waals surface area contributed by atoms with Crippen LogP contribution in [0.5, 0.6) is 5.88 Å². The first-order chi connectivity index (χ1) is 7.50. The van der Waals surface area contributed by atoms with Gasteiger partial charge in [0.2, 0.25) is 5.88 Å². The van der Waals surface area contributed by atoms with Crippen LogP contribution >= 0.6 is 0 Å².